The molecule has 2 rings (SSSR count). The van der Waals surface area contributed by atoms with E-state index >= 15 is 0 Å². The van der Waals surface area contributed by atoms with E-state index in [0.29, 0.717) is 11.8 Å². The summed E-state index contributed by atoms with van der Waals surface area (Å²) in [5.74, 6) is 2.06. The first kappa shape index (κ1) is 15.8. The van der Waals surface area contributed by atoms with Crippen LogP contribution in [0, 0.1) is 34.5 Å². The molecule has 0 aromatic heterocycles. The molecule has 0 aromatic carbocycles. The minimum atomic E-state index is -0.727. The number of hydrogen-bond donors (Lipinski definition) is 1. The molecule has 0 aliphatic heterocycles. The summed E-state index contributed by atoms with van der Waals surface area (Å²) in [6.45, 7) is 6.79. The zero-order valence-electron chi connectivity index (χ0n) is 13.5. The molecule has 4 atom stereocenters. The van der Waals surface area contributed by atoms with Gasteiger partial charge in [0, 0.05) is 0 Å². The van der Waals surface area contributed by atoms with E-state index < -0.39 is 11.0 Å². The Morgan fingerprint density at radius 2 is 1.95 bits per heavy atom. The molecule has 20 heavy (non-hydrogen) atoms. The smallest absolute Gasteiger partial charge is 0.0863 e. The Hall–Kier alpha value is -0.550. The zero-order valence-corrected chi connectivity index (χ0v) is 13.5. The van der Waals surface area contributed by atoms with Crippen molar-refractivity contribution in [2.75, 3.05) is 0 Å². The van der Waals surface area contributed by atoms with Crippen molar-refractivity contribution in [3.05, 3.63) is 0 Å². The van der Waals surface area contributed by atoms with Crippen molar-refractivity contribution in [2.45, 2.75) is 84.2 Å². The van der Waals surface area contributed by atoms with E-state index in [4.69, 9.17) is 0 Å². The van der Waals surface area contributed by atoms with Crippen LogP contribution in [0.5, 0.6) is 0 Å². The molecule has 0 amide bonds. The van der Waals surface area contributed by atoms with Crippen molar-refractivity contribution in [1.82, 2.24) is 0 Å². The van der Waals surface area contributed by atoms with Crippen LogP contribution in [-0.4, -0.2) is 10.7 Å². The van der Waals surface area contributed by atoms with Crippen LogP contribution < -0.4 is 0 Å². The topological polar surface area (TPSA) is 44.0 Å². The second-order valence-electron chi connectivity index (χ2n) is 7.68. The third-order valence-corrected chi connectivity index (χ3v) is 6.34. The Balaban J connectivity index is 2.15. The van der Waals surface area contributed by atoms with Gasteiger partial charge in [-0.3, -0.25) is 0 Å². The van der Waals surface area contributed by atoms with Gasteiger partial charge in [0.1, 0.15) is 0 Å². The van der Waals surface area contributed by atoms with E-state index in [1.165, 1.54) is 6.42 Å². The molecule has 1 N–H and O–H groups in total. The SMILES string of the molecule is CCC1CCC(C#N)(C2(O)CCCC(C(C)C)CC2)C1. The van der Waals surface area contributed by atoms with Crippen molar-refractivity contribution in [3.8, 4) is 6.07 Å². The van der Waals surface area contributed by atoms with E-state index in [1.807, 2.05) is 0 Å². The molecule has 114 valence electrons. The maximum absolute atomic E-state index is 11.3. The van der Waals surface area contributed by atoms with Crippen LogP contribution in [0.2, 0.25) is 0 Å². The summed E-state index contributed by atoms with van der Waals surface area (Å²) in [5, 5.41) is 21.1. The van der Waals surface area contributed by atoms with Gasteiger partial charge in [-0.1, -0.05) is 40.0 Å². The fourth-order valence-corrected chi connectivity index (χ4v) is 4.62. The van der Waals surface area contributed by atoms with Gasteiger partial charge in [0.05, 0.1) is 17.1 Å². The average molecular weight is 277 g/mol. The molecule has 0 aromatic rings. The van der Waals surface area contributed by atoms with E-state index in [2.05, 4.69) is 26.8 Å². The van der Waals surface area contributed by atoms with Gasteiger partial charge < -0.3 is 5.11 Å². The van der Waals surface area contributed by atoms with Gasteiger partial charge in [-0.2, -0.15) is 5.26 Å². The molecule has 2 aliphatic rings. The van der Waals surface area contributed by atoms with Crippen LogP contribution in [-0.2, 0) is 0 Å². The molecule has 2 aliphatic carbocycles. The van der Waals surface area contributed by atoms with E-state index in [9.17, 15) is 10.4 Å². The van der Waals surface area contributed by atoms with Crippen LogP contribution in [0.15, 0.2) is 0 Å². The molecule has 2 fully saturated rings. The van der Waals surface area contributed by atoms with Gasteiger partial charge in [-0.25, -0.2) is 0 Å². The largest absolute Gasteiger partial charge is 0.388 e. The molecule has 2 saturated carbocycles. The fraction of sp³-hybridized carbons (Fsp3) is 0.944. The number of aliphatic hydroxyl groups is 1. The van der Waals surface area contributed by atoms with Gasteiger partial charge in [0.15, 0.2) is 0 Å². The lowest BCUT2D eigenvalue weighted by Crippen LogP contribution is -2.46. The first-order valence-electron chi connectivity index (χ1n) is 8.60. The average Bonchev–Trinajstić information content (AvgIpc) is 2.77. The highest BCUT2D eigenvalue weighted by Gasteiger charge is 2.54. The quantitative estimate of drug-likeness (QED) is 0.762. The molecule has 0 radical (unpaired) electrons. The van der Waals surface area contributed by atoms with Gasteiger partial charge >= 0.3 is 0 Å². The molecule has 0 bridgehead atoms. The Bertz CT molecular complexity index is 372. The summed E-state index contributed by atoms with van der Waals surface area (Å²) in [4.78, 5) is 0. The highest BCUT2D eigenvalue weighted by molar-refractivity contribution is 5.15. The van der Waals surface area contributed by atoms with Gasteiger partial charge in [0.2, 0.25) is 0 Å². The lowest BCUT2D eigenvalue weighted by atomic mass is 9.67. The molecule has 0 spiro atoms. The van der Waals surface area contributed by atoms with E-state index in [1.54, 1.807) is 0 Å². The van der Waals surface area contributed by atoms with Gasteiger partial charge in [-0.05, 0) is 56.3 Å². The van der Waals surface area contributed by atoms with Crippen LogP contribution in [0.4, 0.5) is 0 Å². The Morgan fingerprint density at radius 1 is 1.20 bits per heavy atom. The number of hydrogen-bond acceptors (Lipinski definition) is 2. The van der Waals surface area contributed by atoms with E-state index in [-0.39, 0.29) is 0 Å². The van der Waals surface area contributed by atoms with Crippen LogP contribution in [0.1, 0.15) is 78.6 Å². The first-order chi connectivity index (χ1) is 9.46. The van der Waals surface area contributed by atoms with Gasteiger partial charge in [-0.15, -0.1) is 0 Å². The summed E-state index contributed by atoms with van der Waals surface area (Å²) in [5.41, 5.74) is -1.19. The molecule has 0 saturated heterocycles. The number of nitriles is 1. The zero-order chi connectivity index (χ0) is 14.8. The second kappa shape index (κ2) is 6.06. The number of nitrogens with zero attached hydrogens (tertiary/aromatic N) is 1. The van der Waals surface area contributed by atoms with Gasteiger partial charge in [0.25, 0.3) is 0 Å². The monoisotopic (exact) mass is 277 g/mol. The molecule has 4 unspecified atom stereocenters. The highest BCUT2D eigenvalue weighted by atomic mass is 16.3. The van der Waals surface area contributed by atoms with Crippen LogP contribution in [0.25, 0.3) is 0 Å². The van der Waals surface area contributed by atoms with E-state index in [0.717, 1.165) is 57.3 Å². The van der Waals surface area contributed by atoms with Crippen LogP contribution in [0.3, 0.4) is 0 Å². The lowest BCUT2D eigenvalue weighted by Gasteiger charge is -2.40. The molecule has 0 heterocycles. The molecule has 2 heteroatoms. The van der Waals surface area contributed by atoms with Crippen molar-refractivity contribution >= 4 is 0 Å². The maximum Gasteiger partial charge on any atom is 0.0863 e. The Labute approximate surface area is 124 Å². The molecule has 2 nitrogen and oxygen atoms in total. The normalized spacial score (nSPS) is 42.4. The minimum Gasteiger partial charge on any atom is -0.388 e. The fourth-order valence-electron chi connectivity index (χ4n) is 4.62. The second-order valence-corrected chi connectivity index (χ2v) is 7.68. The predicted molar refractivity (Wildman–Crippen MR) is 82.0 cm³/mol. The van der Waals surface area contributed by atoms with Crippen molar-refractivity contribution in [1.29, 1.82) is 5.26 Å². The summed E-state index contributed by atoms with van der Waals surface area (Å²) in [6, 6.07) is 2.57. The van der Waals surface area contributed by atoms with Crippen LogP contribution >= 0.6 is 0 Å². The Kier molecular flexibility index (Phi) is 4.80. The lowest BCUT2D eigenvalue weighted by molar-refractivity contribution is -0.0675. The van der Waals surface area contributed by atoms with Crippen molar-refractivity contribution in [3.63, 3.8) is 0 Å². The van der Waals surface area contributed by atoms with Crippen molar-refractivity contribution in [2.24, 2.45) is 23.2 Å². The minimum absolute atomic E-state index is 0.459. The number of rotatable bonds is 3. The molecular weight excluding hydrogens is 246 g/mol. The Morgan fingerprint density at radius 3 is 2.50 bits per heavy atom. The summed E-state index contributed by atoms with van der Waals surface area (Å²) in [6.07, 6.45) is 9.16. The summed E-state index contributed by atoms with van der Waals surface area (Å²) >= 11 is 0. The summed E-state index contributed by atoms with van der Waals surface area (Å²) < 4.78 is 0. The third kappa shape index (κ3) is 2.75. The standard InChI is InChI=1S/C18H31NO/c1-4-15-7-10-17(12-15,13-19)18(20)9-5-6-16(8-11-18)14(2)3/h14-16,20H,4-12H2,1-3H3. The third-order valence-electron chi connectivity index (χ3n) is 6.34. The summed E-state index contributed by atoms with van der Waals surface area (Å²) in [7, 11) is 0. The van der Waals surface area contributed by atoms with Crippen molar-refractivity contribution < 1.29 is 5.11 Å². The maximum atomic E-state index is 11.3. The predicted octanol–water partition coefficient (Wildman–Crippen LogP) is 4.67. The highest BCUT2D eigenvalue weighted by Crippen LogP contribution is 2.54. The molecular formula is C18H31NO. The first-order valence-corrected chi connectivity index (χ1v) is 8.60.